The number of nitrogens with zero attached hydrogens (tertiary/aromatic N) is 2. The minimum atomic E-state index is -3.21. The number of piperidine rings is 1. The lowest BCUT2D eigenvalue weighted by Gasteiger charge is -2.37. The maximum Gasteiger partial charge on any atom is 0.257 e. The number of hydrogen-bond acceptors (Lipinski definition) is 5. The molecule has 0 radical (unpaired) electrons. The third kappa shape index (κ3) is 3.44. The van der Waals surface area contributed by atoms with Crippen molar-refractivity contribution in [1.29, 1.82) is 0 Å². The standard InChI is InChI=1S/C15H22N2O5S/c1-11-13(4-7-21-11)15(18)16-5-3-12-9-17(23(2,19)20)6-8-22-14(12)10-16/h4,7,12,14H,3,5-6,8-10H2,1-2H3/t12-,14+/m0/s1. The summed E-state index contributed by atoms with van der Waals surface area (Å²) in [6.07, 6.45) is 3.36. The summed E-state index contributed by atoms with van der Waals surface area (Å²) in [5.74, 6) is 0.686. The smallest absolute Gasteiger partial charge is 0.257 e. The van der Waals surface area contributed by atoms with Crippen molar-refractivity contribution in [2.45, 2.75) is 19.4 Å². The van der Waals surface area contributed by atoms with E-state index >= 15 is 0 Å². The van der Waals surface area contributed by atoms with Gasteiger partial charge in [-0.05, 0) is 19.4 Å². The average molecular weight is 342 g/mol. The SMILES string of the molecule is Cc1occc1C(=O)N1CC[C@H]2CN(S(C)(=O)=O)CCO[C@@H]2C1. The molecular formula is C15H22N2O5S. The summed E-state index contributed by atoms with van der Waals surface area (Å²) in [7, 11) is -3.21. The lowest BCUT2D eigenvalue weighted by atomic mass is 9.93. The maximum atomic E-state index is 12.6. The number of hydrogen-bond donors (Lipinski definition) is 0. The second kappa shape index (κ2) is 6.26. The van der Waals surface area contributed by atoms with E-state index in [0.717, 1.165) is 6.42 Å². The number of rotatable bonds is 2. The van der Waals surface area contributed by atoms with Crippen molar-refractivity contribution in [3.8, 4) is 0 Å². The molecule has 0 saturated carbocycles. The van der Waals surface area contributed by atoms with Gasteiger partial charge in [-0.15, -0.1) is 0 Å². The Morgan fingerprint density at radius 2 is 2.09 bits per heavy atom. The highest BCUT2D eigenvalue weighted by Gasteiger charge is 2.37. The van der Waals surface area contributed by atoms with Crippen molar-refractivity contribution < 1.29 is 22.4 Å². The van der Waals surface area contributed by atoms with Gasteiger partial charge in [-0.1, -0.05) is 0 Å². The second-order valence-corrected chi connectivity index (χ2v) is 8.20. The monoisotopic (exact) mass is 342 g/mol. The summed E-state index contributed by atoms with van der Waals surface area (Å²) < 4.78 is 36.1. The van der Waals surface area contributed by atoms with Crippen molar-refractivity contribution in [3.63, 3.8) is 0 Å². The fourth-order valence-corrected chi connectivity index (χ4v) is 4.15. The molecular weight excluding hydrogens is 320 g/mol. The Labute approximate surface area is 136 Å². The number of ether oxygens (including phenoxy) is 1. The zero-order chi connectivity index (χ0) is 16.6. The van der Waals surface area contributed by atoms with Crippen LogP contribution < -0.4 is 0 Å². The fourth-order valence-electron chi connectivity index (χ4n) is 3.28. The zero-order valence-electron chi connectivity index (χ0n) is 13.4. The molecule has 2 aliphatic rings. The number of likely N-dealkylation sites (tertiary alicyclic amines) is 1. The third-order valence-electron chi connectivity index (χ3n) is 4.65. The molecule has 0 N–H and O–H groups in total. The van der Waals surface area contributed by atoms with E-state index in [4.69, 9.17) is 9.15 Å². The molecule has 8 heteroatoms. The van der Waals surface area contributed by atoms with Crippen LogP contribution in [0.1, 0.15) is 22.5 Å². The Hall–Kier alpha value is -1.38. The highest BCUT2D eigenvalue weighted by atomic mass is 32.2. The van der Waals surface area contributed by atoms with E-state index in [1.54, 1.807) is 17.9 Å². The van der Waals surface area contributed by atoms with Gasteiger partial charge in [-0.2, -0.15) is 4.31 Å². The number of sulfonamides is 1. The van der Waals surface area contributed by atoms with Crippen molar-refractivity contribution in [2.24, 2.45) is 5.92 Å². The quantitative estimate of drug-likeness (QED) is 0.791. The molecule has 0 spiro atoms. The molecule has 2 saturated heterocycles. The van der Waals surface area contributed by atoms with E-state index in [-0.39, 0.29) is 17.9 Å². The highest BCUT2D eigenvalue weighted by Crippen LogP contribution is 2.26. The Kier molecular flexibility index (Phi) is 4.48. The Bertz CT molecular complexity index is 684. The molecule has 128 valence electrons. The number of carbonyl (C=O) groups excluding carboxylic acids is 1. The molecule has 2 atom stereocenters. The van der Waals surface area contributed by atoms with E-state index in [1.807, 2.05) is 0 Å². The van der Waals surface area contributed by atoms with Crippen molar-refractivity contribution in [1.82, 2.24) is 9.21 Å². The summed E-state index contributed by atoms with van der Waals surface area (Å²) in [4.78, 5) is 14.3. The molecule has 1 aromatic rings. The molecule has 23 heavy (non-hydrogen) atoms. The van der Waals surface area contributed by atoms with Crippen molar-refractivity contribution >= 4 is 15.9 Å². The second-order valence-electron chi connectivity index (χ2n) is 6.22. The number of furan rings is 1. The number of fused-ring (bicyclic) bond motifs is 1. The van der Waals surface area contributed by atoms with Crippen LogP contribution in [0.25, 0.3) is 0 Å². The molecule has 1 aromatic heterocycles. The van der Waals surface area contributed by atoms with Crippen LogP contribution in [0.3, 0.4) is 0 Å². The summed E-state index contributed by atoms with van der Waals surface area (Å²) in [6.45, 7) is 4.07. The van der Waals surface area contributed by atoms with Crippen molar-refractivity contribution in [2.75, 3.05) is 39.0 Å². The first kappa shape index (κ1) is 16.5. The van der Waals surface area contributed by atoms with E-state index in [1.165, 1.54) is 16.8 Å². The summed E-state index contributed by atoms with van der Waals surface area (Å²) in [6, 6.07) is 1.68. The van der Waals surface area contributed by atoms with E-state index in [9.17, 15) is 13.2 Å². The Balaban J connectivity index is 1.70. The molecule has 0 aromatic carbocycles. The van der Waals surface area contributed by atoms with Crippen LogP contribution in [0.2, 0.25) is 0 Å². The van der Waals surface area contributed by atoms with Crippen LogP contribution >= 0.6 is 0 Å². The topological polar surface area (TPSA) is 80.1 Å². The summed E-state index contributed by atoms with van der Waals surface area (Å²) >= 11 is 0. The van der Waals surface area contributed by atoms with Crippen LogP contribution in [0.5, 0.6) is 0 Å². The summed E-state index contributed by atoms with van der Waals surface area (Å²) in [5.41, 5.74) is 0.579. The first-order chi connectivity index (χ1) is 10.9. The van der Waals surface area contributed by atoms with Gasteiger partial charge in [0.25, 0.3) is 5.91 Å². The van der Waals surface area contributed by atoms with Crippen LogP contribution in [0.4, 0.5) is 0 Å². The van der Waals surface area contributed by atoms with Gasteiger partial charge in [-0.3, -0.25) is 4.79 Å². The van der Waals surface area contributed by atoms with Gasteiger partial charge in [0.15, 0.2) is 0 Å². The van der Waals surface area contributed by atoms with Gasteiger partial charge in [0, 0.05) is 32.1 Å². The first-order valence-electron chi connectivity index (χ1n) is 7.76. The van der Waals surface area contributed by atoms with Gasteiger partial charge in [0.1, 0.15) is 5.76 Å². The van der Waals surface area contributed by atoms with Gasteiger partial charge in [-0.25, -0.2) is 8.42 Å². The lowest BCUT2D eigenvalue weighted by molar-refractivity contribution is -0.0170. The summed E-state index contributed by atoms with van der Waals surface area (Å²) in [5, 5.41) is 0. The van der Waals surface area contributed by atoms with Crippen LogP contribution in [-0.4, -0.2) is 68.7 Å². The zero-order valence-corrected chi connectivity index (χ0v) is 14.2. The molecule has 3 rings (SSSR count). The third-order valence-corrected chi connectivity index (χ3v) is 5.92. The van der Waals surface area contributed by atoms with E-state index in [0.29, 0.717) is 44.1 Å². The van der Waals surface area contributed by atoms with Crippen LogP contribution in [0, 0.1) is 12.8 Å². The molecule has 7 nitrogen and oxygen atoms in total. The maximum absolute atomic E-state index is 12.6. The minimum absolute atomic E-state index is 0.0532. The van der Waals surface area contributed by atoms with Gasteiger partial charge in [0.2, 0.25) is 10.0 Å². The average Bonchev–Trinajstić information content (AvgIpc) is 2.80. The molecule has 1 amide bonds. The Morgan fingerprint density at radius 1 is 1.30 bits per heavy atom. The number of carbonyl (C=O) groups is 1. The molecule has 0 bridgehead atoms. The highest BCUT2D eigenvalue weighted by molar-refractivity contribution is 7.88. The minimum Gasteiger partial charge on any atom is -0.469 e. The van der Waals surface area contributed by atoms with Gasteiger partial charge < -0.3 is 14.1 Å². The largest absolute Gasteiger partial charge is 0.469 e. The Morgan fingerprint density at radius 3 is 2.74 bits per heavy atom. The fraction of sp³-hybridized carbons (Fsp3) is 0.667. The lowest BCUT2D eigenvalue weighted by Crippen LogP contribution is -2.49. The van der Waals surface area contributed by atoms with Crippen LogP contribution in [-0.2, 0) is 14.8 Å². The van der Waals surface area contributed by atoms with E-state index < -0.39 is 10.0 Å². The molecule has 0 aliphatic carbocycles. The van der Waals surface area contributed by atoms with Crippen LogP contribution in [0.15, 0.2) is 16.7 Å². The first-order valence-corrected chi connectivity index (χ1v) is 9.61. The molecule has 0 unspecified atom stereocenters. The van der Waals surface area contributed by atoms with E-state index in [2.05, 4.69) is 0 Å². The number of amides is 1. The van der Waals surface area contributed by atoms with Gasteiger partial charge in [0.05, 0.1) is 30.8 Å². The van der Waals surface area contributed by atoms with Gasteiger partial charge >= 0.3 is 0 Å². The predicted molar refractivity (Wildman–Crippen MR) is 83.6 cm³/mol. The van der Waals surface area contributed by atoms with Crippen molar-refractivity contribution in [3.05, 3.63) is 23.7 Å². The number of aryl methyl sites for hydroxylation is 1. The predicted octanol–water partition coefficient (Wildman–Crippen LogP) is 0.711. The molecule has 2 fully saturated rings. The normalized spacial score (nSPS) is 26.6. The molecule has 2 aliphatic heterocycles. The molecule has 3 heterocycles.